The normalized spacial score (nSPS) is 17.5. The highest BCUT2D eigenvalue weighted by Crippen LogP contribution is 2.36. The van der Waals surface area contributed by atoms with Gasteiger partial charge in [-0.3, -0.25) is 4.98 Å². The van der Waals surface area contributed by atoms with Crippen molar-refractivity contribution in [3.8, 4) is 0 Å². The lowest BCUT2D eigenvalue weighted by atomic mass is 9.83. The van der Waals surface area contributed by atoms with Gasteiger partial charge in [0.1, 0.15) is 0 Å². The van der Waals surface area contributed by atoms with Crippen LogP contribution in [0, 0.1) is 0 Å². The van der Waals surface area contributed by atoms with E-state index in [1.165, 1.54) is 43.1 Å². The topological polar surface area (TPSA) is 12.9 Å². The molecule has 2 aromatic rings. The zero-order chi connectivity index (χ0) is 11.7. The third-order valence-electron chi connectivity index (χ3n) is 3.78. The Morgan fingerprint density at radius 1 is 1.06 bits per heavy atom. The predicted molar refractivity (Wildman–Crippen MR) is 72.6 cm³/mol. The maximum absolute atomic E-state index is 6.02. The summed E-state index contributed by atoms with van der Waals surface area (Å²) in [5.74, 6) is 0.718. The van der Waals surface area contributed by atoms with Crippen molar-refractivity contribution < 1.29 is 0 Å². The molecule has 0 aliphatic heterocycles. The summed E-state index contributed by atoms with van der Waals surface area (Å²) in [6, 6.07) is 8.24. The molecule has 1 aliphatic rings. The second-order valence-electron chi connectivity index (χ2n) is 4.90. The minimum Gasteiger partial charge on any atom is -0.256 e. The van der Waals surface area contributed by atoms with E-state index in [4.69, 9.17) is 11.6 Å². The van der Waals surface area contributed by atoms with Crippen molar-refractivity contribution in [2.45, 2.75) is 38.0 Å². The molecular weight excluding hydrogens is 230 g/mol. The van der Waals surface area contributed by atoms with Crippen LogP contribution in [0.2, 0.25) is 5.02 Å². The number of benzene rings is 1. The van der Waals surface area contributed by atoms with Crippen LogP contribution in [0.15, 0.2) is 30.5 Å². The molecule has 0 spiro atoms. The molecule has 1 heterocycles. The Labute approximate surface area is 107 Å². The highest BCUT2D eigenvalue weighted by atomic mass is 35.5. The Balaban J connectivity index is 2.09. The SMILES string of the molecule is Clc1ccc2c(C3CCCCC3)ccnc2c1. The molecule has 0 N–H and O–H groups in total. The third-order valence-corrected chi connectivity index (χ3v) is 4.02. The summed E-state index contributed by atoms with van der Waals surface area (Å²) in [6.07, 6.45) is 8.68. The fraction of sp³-hybridized carbons (Fsp3) is 0.400. The van der Waals surface area contributed by atoms with Gasteiger partial charge < -0.3 is 0 Å². The molecule has 1 fully saturated rings. The Morgan fingerprint density at radius 3 is 2.71 bits per heavy atom. The van der Waals surface area contributed by atoms with Crippen molar-refractivity contribution in [2.75, 3.05) is 0 Å². The number of hydrogen-bond donors (Lipinski definition) is 0. The molecule has 0 radical (unpaired) electrons. The van der Waals surface area contributed by atoms with Crippen LogP contribution < -0.4 is 0 Å². The highest BCUT2D eigenvalue weighted by Gasteiger charge is 2.17. The van der Waals surface area contributed by atoms with E-state index in [1.807, 2.05) is 18.3 Å². The van der Waals surface area contributed by atoms with Crippen molar-refractivity contribution in [2.24, 2.45) is 0 Å². The quantitative estimate of drug-likeness (QED) is 0.694. The number of nitrogens with zero attached hydrogens (tertiary/aromatic N) is 1. The van der Waals surface area contributed by atoms with Crippen LogP contribution in [-0.2, 0) is 0 Å². The molecule has 0 unspecified atom stereocenters. The molecular formula is C15H16ClN. The van der Waals surface area contributed by atoms with Gasteiger partial charge in [0.2, 0.25) is 0 Å². The first-order valence-electron chi connectivity index (χ1n) is 6.39. The Bertz CT molecular complexity index is 529. The summed E-state index contributed by atoms with van der Waals surface area (Å²) < 4.78 is 0. The zero-order valence-electron chi connectivity index (χ0n) is 9.82. The second-order valence-corrected chi connectivity index (χ2v) is 5.33. The maximum atomic E-state index is 6.02. The summed E-state index contributed by atoms with van der Waals surface area (Å²) in [7, 11) is 0. The van der Waals surface area contributed by atoms with Gasteiger partial charge in [-0.2, -0.15) is 0 Å². The average Bonchev–Trinajstić information content (AvgIpc) is 2.39. The monoisotopic (exact) mass is 245 g/mol. The predicted octanol–water partition coefficient (Wildman–Crippen LogP) is 4.94. The smallest absolute Gasteiger partial charge is 0.0719 e. The largest absolute Gasteiger partial charge is 0.256 e. The van der Waals surface area contributed by atoms with E-state index in [2.05, 4.69) is 17.1 Å². The first-order chi connectivity index (χ1) is 8.34. The van der Waals surface area contributed by atoms with E-state index >= 15 is 0 Å². The summed E-state index contributed by atoms with van der Waals surface area (Å²) in [5.41, 5.74) is 2.49. The Morgan fingerprint density at radius 2 is 1.88 bits per heavy atom. The van der Waals surface area contributed by atoms with Crippen LogP contribution in [0.25, 0.3) is 10.9 Å². The molecule has 1 nitrogen and oxygen atoms in total. The fourth-order valence-electron chi connectivity index (χ4n) is 2.91. The van der Waals surface area contributed by atoms with Gasteiger partial charge >= 0.3 is 0 Å². The van der Waals surface area contributed by atoms with Gasteiger partial charge in [0.15, 0.2) is 0 Å². The van der Waals surface area contributed by atoms with Gasteiger partial charge in [0, 0.05) is 16.6 Å². The Hall–Kier alpha value is -1.08. The van der Waals surface area contributed by atoms with Gasteiger partial charge in [-0.05, 0) is 42.5 Å². The number of aromatic nitrogens is 1. The minimum atomic E-state index is 0.718. The van der Waals surface area contributed by atoms with Crippen LogP contribution in [-0.4, -0.2) is 4.98 Å². The van der Waals surface area contributed by atoms with Crippen molar-refractivity contribution in [1.29, 1.82) is 0 Å². The lowest BCUT2D eigenvalue weighted by Gasteiger charge is -2.23. The van der Waals surface area contributed by atoms with Crippen LogP contribution in [0.3, 0.4) is 0 Å². The lowest BCUT2D eigenvalue weighted by molar-refractivity contribution is 0.445. The van der Waals surface area contributed by atoms with Gasteiger partial charge in [0.25, 0.3) is 0 Å². The molecule has 2 heteroatoms. The molecule has 1 saturated carbocycles. The maximum Gasteiger partial charge on any atom is 0.0719 e. The van der Waals surface area contributed by atoms with Gasteiger partial charge in [0.05, 0.1) is 5.52 Å². The van der Waals surface area contributed by atoms with Gasteiger partial charge in [-0.1, -0.05) is 36.9 Å². The first kappa shape index (κ1) is 11.0. The second kappa shape index (κ2) is 4.66. The van der Waals surface area contributed by atoms with Crippen molar-refractivity contribution in [3.05, 3.63) is 41.0 Å². The summed E-state index contributed by atoms with van der Waals surface area (Å²) in [4.78, 5) is 4.41. The van der Waals surface area contributed by atoms with Crippen molar-refractivity contribution >= 4 is 22.5 Å². The first-order valence-corrected chi connectivity index (χ1v) is 6.76. The van der Waals surface area contributed by atoms with Crippen LogP contribution >= 0.6 is 11.6 Å². The molecule has 0 atom stereocenters. The highest BCUT2D eigenvalue weighted by molar-refractivity contribution is 6.31. The van der Waals surface area contributed by atoms with E-state index in [0.717, 1.165) is 16.5 Å². The Kier molecular flexibility index (Phi) is 3.02. The van der Waals surface area contributed by atoms with E-state index in [9.17, 15) is 0 Å². The van der Waals surface area contributed by atoms with Crippen LogP contribution in [0.1, 0.15) is 43.6 Å². The van der Waals surface area contributed by atoms with E-state index < -0.39 is 0 Å². The molecule has 1 aromatic carbocycles. The molecule has 3 rings (SSSR count). The minimum absolute atomic E-state index is 0.718. The molecule has 17 heavy (non-hydrogen) atoms. The summed E-state index contributed by atoms with van der Waals surface area (Å²) in [5, 5.41) is 2.05. The number of pyridine rings is 1. The van der Waals surface area contributed by atoms with E-state index in [1.54, 1.807) is 0 Å². The zero-order valence-corrected chi connectivity index (χ0v) is 10.6. The lowest BCUT2D eigenvalue weighted by Crippen LogP contribution is -2.05. The van der Waals surface area contributed by atoms with E-state index in [0.29, 0.717) is 0 Å². The van der Waals surface area contributed by atoms with Crippen LogP contribution in [0.5, 0.6) is 0 Å². The number of hydrogen-bond acceptors (Lipinski definition) is 1. The van der Waals surface area contributed by atoms with Gasteiger partial charge in [-0.25, -0.2) is 0 Å². The van der Waals surface area contributed by atoms with E-state index in [-0.39, 0.29) is 0 Å². The van der Waals surface area contributed by atoms with Crippen molar-refractivity contribution in [1.82, 2.24) is 4.98 Å². The number of rotatable bonds is 1. The summed E-state index contributed by atoms with van der Waals surface area (Å²) in [6.45, 7) is 0. The molecule has 1 aliphatic carbocycles. The van der Waals surface area contributed by atoms with Gasteiger partial charge in [-0.15, -0.1) is 0 Å². The molecule has 1 aromatic heterocycles. The van der Waals surface area contributed by atoms with Crippen LogP contribution in [0.4, 0.5) is 0 Å². The standard InChI is InChI=1S/C15H16ClN/c16-12-6-7-14-13(8-9-17-15(14)10-12)11-4-2-1-3-5-11/h6-11H,1-5H2. The number of fused-ring (bicyclic) bond motifs is 1. The third kappa shape index (κ3) is 2.16. The molecule has 0 bridgehead atoms. The van der Waals surface area contributed by atoms with Crippen molar-refractivity contribution in [3.63, 3.8) is 0 Å². The number of halogens is 1. The average molecular weight is 246 g/mol. The molecule has 88 valence electrons. The fourth-order valence-corrected chi connectivity index (χ4v) is 3.08. The summed E-state index contributed by atoms with van der Waals surface area (Å²) >= 11 is 6.02. The molecule has 0 amide bonds. The molecule has 0 saturated heterocycles.